The third-order valence-corrected chi connectivity index (χ3v) is 4.66. The van der Waals surface area contributed by atoms with Gasteiger partial charge in [0.1, 0.15) is 5.69 Å². The number of rotatable bonds is 5. The maximum absolute atomic E-state index is 12.8. The third-order valence-electron chi connectivity index (χ3n) is 4.39. The second-order valence-corrected chi connectivity index (χ2v) is 6.69. The van der Waals surface area contributed by atoms with Gasteiger partial charge >= 0.3 is 0 Å². The number of nitrogens with one attached hydrogen (secondary N) is 1. The molecule has 0 saturated carbocycles. The minimum absolute atomic E-state index is 0.211. The Labute approximate surface area is 171 Å². The summed E-state index contributed by atoms with van der Waals surface area (Å²) in [6.07, 6.45) is 3.72. The van der Waals surface area contributed by atoms with Crippen LogP contribution in [0, 0.1) is 16.1 Å². The highest BCUT2D eigenvalue weighted by Gasteiger charge is 2.10. The first-order valence-electron chi connectivity index (χ1n) is 8.95. The highest BCUT2D eigenvalue weighted by atomic mass is 32.1. The van der Waals surface area contributed by atoms with Crippen LogP contribution in [0.3, 0.4) is 0 Å². The molecule has 2 heterocycles. The SMILES string of the molecule is N#CCCn1cc(/C=N\n2c(=S)[nH]c3ccccc3c2=O)c(-c2ccccc2)n1. The topological polar surface area (TPSA) is 91.8 Å². The molecule has 2 aromatic heterocycles. The lowest BCUT2D eigenvalue weighted by molar-refractivity contribution is 0.629. The molecule has 7 nitrogen and oxygen atoms in total. The van der Waals surface area contributed by atoms with Gasteiger partial charge in [-0.2, -0.15) is 20.1 Å². The summed E-state index contributed by atoms with van der Waals surface area (Å²) in [5.74, 6) is 0. The van der Waals surface area contributed by atoms with E-state index < -0.39 is 0 Å². The van der Waals surface area contributed by atoms with E-state index in [0.29, 0.717) is 23.9 Å². The van der Waals surface area contributed by atoms with Crippen molar-refractivity contribution in [2.45, 2.75) is 13.0 Å². The zero-order valence-corrected chi connectivity index (χ0v) is 16.1. The Bertz CT molecular complexity index is 1360. The molecule has 0 saturated heterocycles. The Morgan fingerprint density at radius 1 is 1.17 bits per heavy atom. The largest absolute Gasteiger partial charge is 0.330 e. The summed E-state index contributed by atoms with van der Waals surface area (Å²) < 4.78 is 3.08. The number of nitriles is 1. The van der Waals surface area contributed by atoms with Crippen LogP contribution in [-0.4, -0.2) is 25.7 Å². The number of H-pyrrole nitrogens is 1. The maximum Gasteiger partial charge on any atom is 0.282 e. The Balaban J connectivity index is 1.80. The predicted octanol–water partition coefficient (Wildman–Crippen LogP) is 3.72. The molecule has 0 unspecified atom stereocenters. The quantitative estimate of drug-likeness (QED) is 0.408. The van der Waals surface area contributed by atoms with Crippen LogP contribution in [0.1, 0.15) is 12.0 Å². The summed E-state index contributed by atoms with van der Waals surface area (Å²) in [5.41, 5.74) is 2.74. The summed E-state index contributed by atoms with van der Waals surface area (Å²) in [6.45, 7) is 0.472. The standard InChI is InChI=1S/C21H16N6OS/c22-11-6-12-26-14-16(19(25-26)15-7-2-1-3-8-15)13-23-27-20(28)17-9-4-5-10-18(17)24-21(27)29/h1-5,7-10,13-14H,6,12H2,(H,24,29)/b23-13-. The molecule has 0 aliphatic rings. The zero-order chi connectivity index (χ0) is 20.2. The van der Waals surface area contributed by atoms with E-state index in [9.17, 15) is 4.79 Å². The van der Waals surface area contributed by atoms with Gasteiger partial charge in [0, 0.05) is 17.3 Å². The monoisotopic (exact) mass is 400 g/mol. The number of nitrogens with zero attached hydrogens (tertiary/aromatic N) is 5. The first-order chi connectivity index (χ1) is 14.2. The fourth-order valence-electron chi connectivity index (χ4n) is 3.01. The normalized spacial score (nSPS) is 11.1. The van der Waals surface area contributed by atoms with Gasteiger partial charge in [-0.05, 0) is 24.4 Å². The lowest BCUT2D eigenvalue weighted by atomic mass is 10.1. The van der Waals surface area contributed by atoms with Crippen molar-refractivity contribution in [2.24, 2.45) is 5.10 Å². The Kier molecular flexibility index (Phi) is 5.14. The van der Waals surface area contributed by atoms with E-state index in [-0.39, 0.29) is 10.3 Å². The molecular weight excluding hydrogens is 384 g/mol. The van der Waals surface area contributed by atoms with Gasteiger partial charge in [-0.3, -0.25) is 9.48 Å². The molecule has 4 rings (SSSR count). The maximum atomic E-state index is 12.8. The number of aromatic nitrogens is 4. The molecule has 0 bridgehead atoms. The van der Waals surface area contributed by atoms with Gasteiger partial charge in [0.25, 0.3) is 5.56 Å². The van der Waals surface area contributed by atoms with E-state index in [2.05, 4.69) is 21.3 Å². The van der Waals surface area contributed by atoms with Crippen LogP contribution in [0.2, 0.25) is 0 Å². The number of hydrogen-bond donors (Lipinski definition) is 1. The van der Waals surface area contributed by atoms with Crippen LogP contribution in [0.15, 0.2) is 70.7 Å². The van der Waals surface area contributed by atoms with Gasteiger partial charge in [-0.15, -0.1) is 0 Å². The van der Waals surface area contributed by atoms with Crippen molar-refractivity contribution in [1.82, 2.24) is 19.4 Å². The molecule has 0 amide bonds. The average molecular weight is 400 g/mol. The van der Waals surface area contributed by atoms with Gasteiger partial charge in [0.2, 0.25) is 4.77 Å². The molecule has 142 valence electrons. The molecule has 0 aliphatic carbocycles. The summed E-state index contributed by atoms with van der Waals surface area (Å²) in [4.78, 5) is 15.8. The molecule has 1 N–H and O–H groups in total. The van der Waals surface area contributed by atoms with Gasteiger partial charge < -0.3 is 4.98 Å². The van der Waals surface area contributed by atoms with E-state index in [1.807, 2.05) is 42.6 Å². The zero-order valence-electron chi connectivity index (χ0n) is 15.3. The van der Waals surface area contributed by atoms with Crippen LogP contribution in [0.25, 0.3) is 22.2 Å². The minimum Gasteiger partial charge on any atom is -0.330 e. The first-order valence-corrected chi connectivity index (χ1v) is 9.36. The fourth-order valence-corrected chi connectivity index (χ4v) is 3.25. The van der Waals surface area contributed by atoms with Gasteiger partial charge in [0.15, 0.2) is 0 Å². The molecule has 0 fully saturated rings. The second-order valence-electron chi connectivity index (χ2n) is 6.31. The van der Waals surface area contributed by atoms with Crippen molar-refractivity contribution < 1.29 is 0 Å². The Morgan fingerprint density at radius 2 is 1.93 bits per heavy atom. The lowest BCUT2D eigenvalue weighted by Gasteiger charge is -2.02. The van der Waals surface area contributed by atoms with Crippen LogP contribution in [0.4, 0.5) is 0 Å². The smallest absolute Gasteiger partial charge is 0.282 e. The van der Waals surface area contributed by atoms with E-state index in [0.717, 1.165) is 16.8 Å². The predicted molar refractivity (Wildman–Crippen MR) is 114 cm³/mol. The van der Waals surface area contributed by atoms with Crippen molar-refractivity contribution in [3.8, 4) is 17.3 Å². The molecule has 0 atom stereocenters. The molecule has 0 spiro atoms. The minimum atomic E-state index is -0.293. The molecule has 29 heavy (non-hydrogen) atoms. The lowest BCUT2D eigenvalue weighted by Crippen LogP contribution is -2.18. The van der Waals surface area contributed by atoms with Crippen LogP contribution < -0.4 is 5.56 Å². The third kappa shape index (κ3) is 3.77. The number of fused-ring (bicyclic) bond motifs is 1. The second kappa shape index (κ2) is 8.04. The highest BCUT2D eigenvalue weighted by molar-refractivity contribution is 7.71. The van der Waals surface area contributed by atoms with Gasteiger partial charge in [-0.1, -0.05) is 42.5 Å². The first kappa shape index (κ1) is 18.5. The van der Waals surface area contributed by atoms with Crippen LogP contribution >= 0.6 is 12.2 Å². The summed E-state index contributed by atoms with van der Waals surface area (Å²) in [5, 5.41) is 18.3. The van der Waals surface area contributed by atoms with Crippen molar-refractivity contribution >= 4 is 29.3 Å². The molecule has 4 aromatic rings. The summed E-state index contributed by atoms with van der Waals surface area (Å²) in [6, 6.07) is 18.9. The number of benzene rings is 2. The van der Waals surface area contributed by atoms with Gasteiger partial charge in [0.05, 0.1) is 36.2 Å². The number of hydrogen-bond acceptors (Lipinski definition) is 5. The average Bonchev–Trinajstić information content (AvgIpc) is 3.16. The van der Waals surface area contributed by atoms with Crippen LogP contribution in [-0.2, 0) is 6.54 Å². The van der Waals surface area contributed by atoms with Crippen molar-refractivity contribution in [3.63, 3.8) is 0 Å². The molecule has 0 radical (unpaired) electrons. The number of aryl methyl sites for hydroxylation is 1. The number of para-hydroxylation sites is 1. The van der Waals surface area contributed by atoms with E-state index in [4.69, 9.17) is 17.5 Å². The Morgan fingerprint density at radius 3 is 2.72 bits per heavy atom. The van der Waals surface area contributed by atoms with E-state index >= 15 is 0 Å². The molecule has 2 aromatic carbocycles. The Hall–Kier alpha value is -3.83. The van der Waals surface area contributed by atoms with E-state index in [1.165, 1.54) is 4.68 Å². The van der Waals surface area contributed by atoms with E-state index in [1.54, 1.807) is 29.1 Å². The van der Waals surface area contributed by atoms with Crippen LogP contribution in [0.5, 0.6) is 0 Å². The van der Waals surface area contributed by atoms with Crippen molar-refractivity contribution in [3.05, 3.63) is 81.5 Å². The highest BCUT2D eigenvalue weighted by Crippen LogP contribution is 2.20. The molecular formula is C21H16N6OS. The van der Waals surface area contributed by atoms with Crippen molar-refractivity contribution in [2.75, 3.05) is 0 Å². The molecule has 8 heteroatoms. The van der Waals surface area contributed by atoms with Gasteiger partial charge in [-0.25, -0.2) is 0 Å². The molecule has 0 aliphatic heterocycles. The summed E-state index contributed by atoms with van der Waals surface area (Å²) in [7, 11) is 0. The van der Waals surface area contributed by atoms with Crippen molar-refractivity contribution in [1.29, 1.82) is 5.26 Å². The number of aromatic amines is 1. The fraction of sp³-hybridized carbons (Fsp3) is 0.0952. The summed E-state index contributed by atoms with van der Waals surface area (Å²) >= 11 is 5.31.